The lowest BCUT2D eigenvalue weighted by Crippen LogP contribution is -2.33. The van der Waals surface area contributed by atoms with Crippen LogP contribution in [-0.4, -0.2) is 24.8 Å². The normalized spacial score (nSPS) is 10.6. The van der Waals surface area contributed by atoms with E-state index in [1.807, 2.05) is 57.2 Å². The molecule has 4 nitrogen and oxygen atoms in total. The lowest BCUT2D eigenvalue weighted by Gasteiger charge is -2.25. The van der Waals surface area contributed by atoms with Crippen LogP contribution in [0.4, 0.5) is 10.5 Å². The number of halogens is 2. The smallest absolute Gasteiger partial charge is 0.407 e. The number of hydrogen-bond acceptors (Lipinski definition) is 4. The minimum Gasteiger partial charge on any atom is -0.444 e. The molecule has 0 radical (unpaired) electrons. The monoisotopic (exact) mass is 480 g/mol. The van der Waals surface area contributed by atoms with Crippen molar-refractivity contribution in [1.82, 2.24) is 5.32 Å². The maximum atomic E-state index is 11.8. The number of unbranched alkanes of at least 4 members (excludes halogenated alkanes) is 1. The Morgan fingerprint density at radius 2 is 1.74 bits per heavy atom. The van der Waals surface area contributed by atoms with Gasteiger partial charge in [-0.15, -0.1) is 12.8 Å². The molecule has 0 bridgehead atoms. The molecule has 0 aromatic heterocycles. The molecule has 1 amide bonds. The van der Waals surface area contributed by atoms with E-state index in [4.69, 9.17) is 27.9 Å². The van der Waals surface area contributed by atoms with Crippen LogP contribution in [0.3, 0.4) is 0 Å². The van der Waals surface area contributed by atoms with Crippen molar-refractivity contribution in [3.05, 3.63) is 58.1 Å². The molecule has 0 saturated carbocycles. The van der Waals surface area contributed by atoms with Gasteiger partial charge in [0, 0.05) is 23.0 Å². The molecule has 0 spiro atoms. The third-order valence-corrected chi connectivity index (χ3v) is 5.51. The number of carbonyl (C=O) groups excluding carboxylic acids is 1. The van der Waals surface area contributed by atoms with Crippen LogP contribution in [0.25, 0.3) is 0 Å². The molecule has 0 aliphatic heterocycles. The maximum Gasteiger partial charge on any atom is 0.407 e. The Bertz CT molecular complexity index is 849. The molecule has 168 valence electrons. The molecule has 0 unspecified atom stereocenters. The summed E-state index contributed by atoms with van der Waals surface area (Å²) < 4.78 is 7.45. The number of nitrogens with one attached hydrogen (secondary N) is 1. The van der Waals surface area contributed by atoms with E-state index in [0.717, 1.165) is 35.5 Å². The largest absolute Gasteiger partial charge is 0.444 e. The number of alkyl carbamates (subject to hydrolysis) is 1. The Hall–Kier alpha value is -2.00. The number of benzene rings is 2. The van der Waals surface area contributed by atoms with E-state index in [1.165, 1.54) is 0 Å². The van der Waals surface area contributed by atoms with Gasteiger partial charge >= 0.3 is 6.09 Å². The van der Waals surface area contributed by atoms with Gasteiger partial charge in [0.2, 0.25) is 0 Å². The molecule has 2 rings (SSSR count). The van der Waals surface area contributed by atoms with Gasteiger partial charge in [0.15, 0.2) is 0 Å². The van der Waals surface area contributed by atoms with Crippen LogP contribution in [-0.2, 0) is 4.74 Å². The number of anilines is 1. The van der Waals surface area contributed by atoms with Crippen molar-refractivity contribution in [3.63, 3.8) is 0 Å². The molecular formula is C24H30Cl2N2O2S. The second kappa shape index (κ2) is 13.4. The highest BCUT2D eigenvalue weighted by molar-refractivity contribution is 8.00. The first-order valence-electron chi connectivity index (χ1n) is 9.91. The lowest BCUT2D eigenvalue weighted by molar-refractivity contribution is 0.0527. The van der Waals surface area contributed by atoms with E-state index in [2.05, 4.69) is 35.5 Å². The number of terminal acetylenes is 1. The van der Waals surface area contributed by atoms with Crippen LogP contribution >= 0.6 is 35.1 Å². The molecule has 31 heavy (non-hydrogen) atoms. The van der Waals surface area contributed by atoms with E-state index in [-0.39, 0.29) is 6.09 Å². The second-order valence-electron chi connectivity index (χ2n) is 7.74. The van der Waals surface area contributed by atoms with Gasteiger partial charge in [0.25, 0.3) is 0 Å². The van der Waals surface area contributed by atoms with Crippen molar-refractivity contribution in [1.29, 1.82) is 0 Å². The maximum absolute atomic E-state index is 11.8. The summed E-state index contributed by atoms with van der Waals surface area (Å²) in [7, 11) is 0. The summed E-state index contributed by atoms with van der Waals surface area (Å²) in [5.74, 6) is 0. The van der Waals surface area contributed by atoms with Crippen LogP contribution in [0.5, 0.6) is 0 Å². The molecule has 0 aliphatic carbocycles. The Kier molecular flexibility index (Phi) is 11.7. The van der Waals surface area contributed by atoms with E-state index in [0.29, 0.717) is 16.6 Å². The van der Waals surface area contributed by atoms with Crippen molar-refractivity contribution in [2.24, 2.45) is 0 Å². The highest BCUT2D eigenvalue weighted by atomic mass is 35.5. The predicted octanol–water partition coefficient (Wildman–Crippen LogP) is 7.37. The van der Waals surface area contributed by atoms with Gasteiger partial charge in [-0.2, -0.15) is 0 Å². The molecule has 0 aliphatic rings. The van der Waals surface area contributed by atoms with Gasteiger partial charge in [-0.25, -0.2) is 4.79 Å². The van der Waals surface area contributed by atoms with E-state index < -0.39 is 5.60 Å². The second-order valence-corrected chi connectivity index (χ2v) is 9.68. The first-order chi connectivity index (χ1) is 14.6. The molecular weight excluding hydrogens is 451 g/mol. The van der Waals surface area contributed by atoms with Crippen molar-refractivity contribution in [3.8, 4) is 12.8 Å². The molecule has 2 aromatic rings. The van der Waals surface area contributed by atoms with Gasteiger partial charge < -0.3 is 14.4 Å². The third kappa shape index (κ3) is 10.7. The number of ether oxygens (including phenoxy) is 1. The molecule has 0 heterocycles. The third-order valence-electron chi connectivity index (χ3n) is 3.86. The zero-order chi connectivity index (χ0) is 23.4. The Labute approximate surface area is 200 Å². The SMILES string of the molecule is C#C.Cc1ccc(Cl)c(N(CCCCNC(=O)OC(C)(C)C)Sc2ccc(Cl)cc2)c1. The number of amides is 1. The van der Waals surface area contributed by atoms with Crippen molar-refractivity contribution >= 4 is 46.9 Å². The van der Waals surface area contributed by atoms with Gasteiger partial charge in [-0.05, 0) is 94.4 Å². The van der Waals surface area contributed by atoms with Crippen LogP contribution in [0.15, 0.2) is 47.4 Å². The summed E-state index contributed by atoms with van der Waals surface area (Å²) in [6.45, 7) is 8.95. The molecule has 0 fully saturated rings. The lowest BCUT2D eigenvalue weighted by atomic mass is 10.2. The van der Waals surface area contributed by atoms with E-state index in [9.17, 15) is 4.79 Å². The highest BCUT2D eigenvalue weighted by Gasteiger charge is 2.16. The van der Waals surface area contributed by atoms with Crippen LogP contribution in [0.1, 0.15) is 39.2 Å². The fourth-order valence-corrected chi connectivity index (χ4v) is 3.91. The minimum atomic E-state index is -0.488. The van der Waals surface area contributed by atoms with Crippen molar-refractivity contribution in [2.45, 2.75) is 51.0 Å². The summed E-state index contributed by atoms with van der Waals surface area (Å²) in [5.41, 5.74) is 1.64. The quantitative estimate of drug-likeness (QED) is 0.243. The Balaban J connectivity index is 0.00000233. The van der Waals surface area contributed by atoms with Gasteiger partial charge in [-0.3, -0.25) is 0 Å². The van der Waals surface area contributed by atoms with Gasteiger partial charge in [-0.1, -0.05) is 29.3 Å². The standard InChI is InChI=1S/C22H28Cl2N2O2S.C2H2/c1-16-7-12-19(24)20(15-16)26(29-18-10-8-17(23)9-11-18)14-6-5-13-25-21(27)28-22(2,3)4;1-2/h7-12,15H,5-6,13-14H2,1-4H3,(H,25,27);1-2H. The predicted molar refractivity (Wildman–Crippen MR) is 134 cm³/mol. The summed E-state index contributed by atoms with van der Waals surface area (Å²) in [4.78, 5) is 12.8. The minimum absolute atomic E-state index is 0.383. The zero-order valence-corrected chi connectivity index (χ0v) is 20.8. The van der Waals surface area contributed by atoms with Crippen LogP contribution in [0.2, 0.25) is 10.0 Å². The van der Waals surface area contributed by atoms with Gasteiger partial charge in [0.05, 0.1) is 10.7 Å². The number of aryl methyl sites for hydroxylation is 1. The molecule has 7 heteroatoms. The molecule has 1 N–H and O–H groups in total. The van der Waals surface area contributed by atoms with Crippen LogP contribution in [0, 0.1) is 19.8 Å². The topological polar surface area (TPSA) is 41.6 Å². The highest BCUT2D eigenvalue weighted by Crippen LogP contribution is 2.35. The first-order valence-corrected chi connectivity index (χ1v) is 11.4. The zero-order valence-electron chi connectivity index (χ0n) is 18.5. The molecule has 0 saturated heterocycles. The Morgan fingerprint density at radius 1 is 1.10 bits per heavy atom. The number of hydrogen-bond donors (Lipinski definition) is 1. The summed E-state index contributed by atoms with van der Waals surface area (Å²) in [5, 5.41) is 4.22. The fraction of sp³-hybridized carbons (Fsp3) is 0.375. The van der Waals surface area contributed by atoms with Crippen molar-refractivity contribution in [2.75, 3.05) is 17.4 Å². The summed E-state index contributed by atoms with van der Waals surface area (Å²) in [6.07, 6.45) is 9.34. The summed E-state index contributed by atoms with van der Waals surface area (Å²) in [6, 6.07) is 13.8. The number of rotatable bonds is 8. The van der Waals surface area contributed by atoms with Gasteiger partial charge in [0.1, 0.15) is 5.60 Å². The average Bonchev–Trinajstić information content (AvgIpc) is 2.70. The van der Waals surface area contributed by atoms with E-state index >= 15 is 0 Å². The summed E-state index contributed by atoms with van der Waals surface area (Å²) >= 11 is 14.1. The fourth-order valence-electron chi connectivity index (χ4n) is 2.54. The number of nitrogens with zero attached hydrogens (tertiary/aromatic N) is 1. The van der Waals surface area contributed by atoms with E-state index in [1.54, 1.807) is 11.9 Å². The molecule has 0 atom stereocenters. The average molecular weight is 481 g/mol. The number of carbonyl (C=O) groups is 1. The first kappa shape index (κ1) is 27.0. The van der Waals surface area contributed by atoms with Crippen LogP contribution < -0.4 is 9.62 Å². The Morgan fingerprint density at radius 3 is 2.35 bits per heavy atom. The van der Waals surface area contributed by atoms with Crippen molar-refractivity contribution < 1.29 is 9.53 Å². The molecule has 2 aromatic carbocycles.